The molecule has 2 saturated heterocycles. The van der Waals surface area contributed by atoms with Crippen LogP contribution in [-0.4, -0.2) is 63.7 Å². The van der Waals surface area contributed by atoms with Gasteiger partial charge in [0.05, 0.1) is 30.3 Å². The van der Waals surface area contributed by atoms with Gasteiger partial charge in [0.2, 0.25) is 16.1 Å². The van der Waals surface area contributed by atoms with Crippen molar-refractivity contribution in [2.75, 3.05) is 32.9 Å². The number of ether oxygens (including phenoxy) is 3. The van der Waals surface area contributed by atoms with Crippen molar-refractivity contribution in [1.29, 1.82) is 0 Å². The van der Waals surface area contributed by atoms with Gasteiger partial charge in [-0.05, 0) is 24.6 Å². The topological polar surface area (TPSA) is 99.2 Å². The highest BCUT2D eigenvalue weighted by Crippen LogP contribution is 2.22. The van der Waals surface area contributed by atoms with Crippen LogP contribution in [0.3, 0.4) is 0 Å². The lowest BCUT2D eigenvalue weighted by molar-refractivity contribution is -0.145. The maximum absolute atomic E-state index is 12.7. The quantitative estimate of drug-likeness (QED) is 0.712. The van der Waals surface area contributed by atoms with Gasteiger partial charge in [0.25, 0.3) is 0 Å². The van der Waals surface area contributed by atoms with E-state index in [1.165, 1.54) is 16.4 Å². The van der Waals surface area contributed by atoms with E-state index >= 15 is 0 Å². The van der Waals surface area contributed by atoms with Crippen LogP contribution in [0.15, 0.2) is 23.1 Å². The van der Waals surface area contributed by atoms with Crippen molar-refractivity contribution in [3.05, 3.63) is 29.3 Å². The number of hydrogen-bond donors (Lipinski definition) is 0. The van der Waals surface area contributed by atoms with E-state index in [2.05, 4.69) is 0 Å². The summed E-state index contributed by atoms with van der Waals surface area (Å²) in [5.74, 6) is -1.32. The molecule has 2 heterocycles. The summed E-state index contributed by atoms with van der Waals surface area (Å²) in [7, 11) is -3.72. The van der Waals surface area contributed by atoms with Gasteiger partial charge in [0, 0.05) is 19.5 Å². The zero-order valence-corrected chi connectivity index (χ0v) is 14.6. The van der Waals surface area contributed by atoms with Crippen molar-refractivity contribution >= 4 is 22.0 Å². The fourth-order valence-corrected chi connectivity index (χ4v) is 4.13. The Labute approximate surface area is 145 Å². The number of sulfonamides is 1. The van der Waals surface area contributed by atoms with Crippen LogP contribution in [0, 0.1) is 6.92 Å². The molecule has 25 heavy (non-hydrogen) atoms. The highest BCUT2D eigenvalue weighted by atomic mass is 32.2. The van der Waals surface area contributed by atoms with E-state index in [-0.39, 0.29) is 30.2 Å². The first kappa shape index (κ1) is 17.8. The molecule has 136 valence electrons. The average Bonchev–Trinajstić information content (AvgIpc) is 3.00. The molecule has 1 aromatic carbocycles. The Morgan fingerprint density at radius 3 is 2.60 bits per heavy atom. The molecule has 2 fully saturated rings. The summed E-state index contributed by atoms with van der Waals surface area (Å²) < 4.78 is 41.8. The largest absolute Gasteiger partial charge is 0.463 e. The number of benzene rings is 1. The van der Waals surface area contributed by atoms with E-state index in [9.17, 15) is 18.0 Å². The van der Waals surface area contributed by atoms with Gasteiger partial charge < -0.3 is 14.2 Å². The molecule has 0 spiro atoms. The van der Waals surface area contributed by atoms with Gasteiger partial charge in [-0.25, -0.2) is 18.0 Å². The molecule has 0 aliphatic carbocycles. The monoisotopic (exact) mass is 369 g/mol. The lowest BCUT2D eigenvalue weighted by Crippen LogP contribution is -2.40. The number of carbonyl (C=O) groups is 2. The summed E-state index contributed by atoms with van der Waals surface area (Å²) in [4.78, 5) is 23.8. The molecule has 0 amide bonds. The molecule has 1 atom stereocenters. The van der Waals surface area contributed by atoms with Gasteiger partial charge in [0.1, 0.15) is 0 Å². The lowest BCUT2D eigenvalue weighted by atomic mass is 10.1. The predicted molar refractivity (Wildman–Crippen MR) is 85.5 cm³/mol. The van der Waals surface area contributed by atoms with Crippen molar-refractivity contribution in [2.24, 2.45) is 0 Å². The van der Waals surface area contributed by atoms with Gasteiger partial charge in [-0.1, -0.05) is 6.07 Å². The third kappa shape index (κ3) is 3.68. The zero-order valence-electron chi connectivity index (χ0n) is 13.8. The minimum Gasteiger partial charge on any atom is -0.463 e. The Morgan fingerprint density at radius 2 is 1.96 bits per heavy atom. The second-order valence-electron chi connectivity index (χ2n) is 5.84. The Morgan fingerprint density at radius 1 is 1.24 bits per heavy atom. The minimum absolute atomic E-state index is 0.0148. The number of aryl methyl sites for hydroxylation is 1. The summed E-state index contributed by atoms with van der Waals surface area (Å²) in [6.45, 7) is 3.09. The van der Waals surface area contributed by atoms with E-state index in [1.54, 1.807) is 13.0 Å². The van der Waals surface area contributed by atoms with Crippen LogP contribution in [0.2, 0.25) is 0 Å². The average molecular weight is 369 g/mol. The molecule has 2 aliphatic heterocycles. The normalized spacial score (nSPS) is 21.8. The third-order valence-corrected chi connectivity index (χ3v) is 6.07. The summed E-state index contributed by atoms with van der Waals surface area (Å²) >= 11 is 0. The van der Waals surface area contributed by atoms with Crippen molar-refractivity contribution in [1.82, 2.24) is 4.31 Å². The number of rotatable bonds is 4. The third-order valence-electron chi connectivity index (χ3n) is 4.17. The summed E-state index contributed by atoms with van der Waals surface area (Å²) in [6.07, 6.45) is -0.638. The molecular formula is C16H19NO7S. The molecule has 8 nitrogen and oxygen atoms in total. The summed E-state index contributed by atoms with van der Waals surface area (Å²) in [6, 6.07) is 4.31. The number of morpholine rings is 1. The molecule has 3 rings (SSSR count). The standard InChI is InChI=1S/C16H19NO7S/c1-11-2-3-12(25(20,21)17-5-8-22-9-6-17)10-13(11)15(18)24-14-4-7-23-16(14)19/h2-3,10,14H,4-9H2,1H3/t14-/m0/s1. The SMILES string of the molecule is Cc1ccc(S(=O)(=O)N2CCOCC2)cc1C(=O)O[C@H]1CCOC1=O. The molecule has 1 aromatic rings. The predicted octanol–water partition coefficient (Wildman–Crippen LogP) is 0.488. The second-order valence-corrected chi connectivity index (χ2v) is 7.78. The molecule has 0 bridgehead atoms. The van der Waals surface area contributed by atoms with Crippen LogP contribution in [0.5, 0.6) is 0 Å². The molecule has 0 N–H and O–H groups in total. The molecule has 0 radical (unpaired) electrons. The van der Waals surface area contributed by atoms with E-state index in [0.717, 1.165) is 0 Å². The van der Waals surface area contributed by atoms with Gasteiger partial charge >= 0.3 is 11.9 Å². The van der Waals surface area contributed by atoms with Crippen molar-refractivity contribution < 1.29 is 32.2 Å². The molecule has 0 aromatic heterocycles. The Hall–Kier alpha value is -1.97. The van der Waals surface area contributed by atoms with Crippen LogP contribution in [0.25, 0.3) is 0 Å². The summed E-state index contributed by atoms with van der Waals surface area (Å²) in [5.41, 5.74) is 0.686. The Bertz CT molecular complexity index is 784. The number of hydrogen-bond acceptors (Lipinski definition) is 7. The van der Waals surface area contributed by atoms with Crippen molar-refractivity contribution in [3.8, 4) is 0 Å². The molecule has 0 unspecified atom stereocenters. The van der Waals surface area contributed by atoms with Crippen molar-refractivity contribution in [3.63, 3.8) is 0 Å². The van der Waals surface area contributed by atoms with Gasteiger partial charge in [-0.3, -0.25) is 0 Å². The fourth-order valence-electron chi connectivity index (χ4n) is 2.69. The lowest BCUT2D eigenvalue weighted by Gasteiger charge is -2.26. The van der Waals surface area contributed by atoms with Crippen LogP contribution < -0.4 is 0 Å². The number of cyclic esters (lactones) is 1. The first-order chi connectivity index (χ1) is 11.9. The maximum Gasteiger partial charge on any atom is 0.347 e. The van der Waals surface area contributed by atoms with E-state index in [0.29, 0.717) is 25.2 Å². The van der Waals surface area contributed by atoms with Crippen LogP contribution in [0.1, 0.15) is 22.3 Å². The van der Waals surface area contributed by atoms with Crippen LogP contribution >= 0.6 is 0 Å². The van der Waals surface area contributed by atoms with E-state index < -0.39 is 28.1 Å². The van der Waals surface area contributed by atoms with Crippen molar-refractivity contribution in [2.45, 2.75) is 24.3 Å². The smallest absolute Gasteiger partial charge is 0.347 e. The zero-order chi connectivity index (χ0) is 18.0. The highest BCUT2D eigenvalue weighted by Gasteiger charge is 2.32. The first-order valence-electron chi connectivity index (χ1n) is 7.96. The molecular weight excluding hydrogens is 350 g/mol. The minimum atomic E-state index is -3.72. The fraction of sp³-hybridized carbons (Fsp3) is 0.500. The molecule has 9 heteroatoms. The van der Waals surface area contributed by atoms with Crippen LogP contribution in [-0.2, 0) is 29.0 Å². The van der Waals surface area contributed by atoms with E-state index in [4.69, 9.17) is 14.2 Å². The van der Waals surface area contributed by atoms with Gasteiger partial charge in [-0.15, -0.1) is 0 Å². The number of carbonyl (C=O) groups excluding carboxylic acids is 2. The molecule has 2 aliphatic rings. The maximum atomic E-state index is 12.7. The Balaban J connectivity index is 1.84. The highest BCUT2D eigenvalue weighted by molar-refractivity contribution is 7.89. The van der Waals surface area contributed by atoms with Crippen LogP contribution in [0.4, 0.5) is 0 Å². The summed E-state index contributed by atoms with van der Waals surface area (Å²) in [5, 5.41) is 0. The van der Waals surface area contributed by atoms with Gasteiger partial charge in [-0.2, -0.15) is 4.31 Å². The van der Waals surface area contributed by atoms with Gasteiger partial charge in [0.15, 0.2) is 0 Å². The Kier molecular flexibility index (Phi) is 5.07. The van der Waals surface area contributed by atoms with E-state index in [1.807, 2.05) is 0 Å². The molecule has 0 saturated carbocycles. The second kappa shape index (κ2) is 7.11. The first-order valence-corrected chi connectivity index (χ1v) is 9.40. The number of esters is 2. The number of nitrogens with zero attached hydrogens (tertiary/aromatic N) is 1.